The Morgan fingerprint density at radius 3 is 2.26 bits per heavy atom. The Hall–Kier alpha value is -4.47. The van der Waals surface area contributed by atoms with Gasteiger partial charge in [-0.1, -0.05) is 0 Å². The molecule has 1 aliphatic carbocycles. The van der Waals surface area contributed by atoms with Gasteiger partial charge in [0, 0.05) is 17.6 Å². The van der Waals surface area contributed by atoms with Crippen molar-refractivity contribution >= 4 is 33.4 Å². The number of hydrogen-bond donors (Lipinski definition) is 2. The normalized spacial score (nSPS) is 16.8. The van der Waals surface area contributed by atoms with Gasteiger partial charge < -0.3 is 15.4 Å². The molecule has 9 heteroatoms. The Morgan fingerprint density at radius 2 is 1.61 bits per heavy atom. The smallest absolute Gasteiger partial charge is 0.251 e. The molecule has 0 radical (unpaired) electrons. The van der Waals surface area contributed by atoms with Crippen molar-refractivity contribution in [3.05, 3.63) is 75.7 Å². The lowest BCUT2D eigenvalue weighted by Crippen LogP contribution is -2.40. The summed E-state index contributed by atoms with van der Waals surface area (Å²) in [6, 6.07) is 16.8. The number of hydrogen-bond acceptors (Lipinski definition) is 8. The van der Waals surface area contributed by atoms with Gasteiger partial charge in [-0.05, 0) is 98.5 Å². The van der Waals surface area contributed by atoms with Crippen molar-refractivity contribution in [2.45, 2.75) is 51.6 Å². The highest BCUT2D eigenvalue weighted by atomic mass is 32.1. The van der Waals surface area contributed by atoms with Crippen LogP contribution in [0.4, 0.5) is 5.95 Å². The van der Waals surface area contributed by atoms with E-state index in [1.54, 1.807) is 24.3 Å². The molecule has 0 spiro atoms. The zero-order valence-corrected chi connectivity index (χ0v) is 21.9. The number of carbonyl (C=O) groups is 1. The first-order valence-electron chi connectivity index (χ1n) is 12.5. The maximum atomic E-state index is 12.6. The Balaban J connectivity index is 1.25. The number of aromatic nitrogens is 2. The van der Waals surface area contributed by atoms with Crippen LogP contribution in [0, 0.1) is 36.5 Å². The molecule has 4 aromatic rings. The van der Waals surface area contributed by atoms with E-state index in [-0.39, 0.29) is 18.0 Å². The van der Waals surface area contributed by atoms with Gasteiger partial charge in [-0.3, -0.25) is 4.79 Å². The van der Waals surface area contributed by atoms with Gasteiger partial charge in [-0.15, -0.1) is 11.3 Å². The number of nitrogens with one attached hydrogen (secondary N) is 2. The molecule has 1 saturated carbocycles. The molecule has 1 aliphatic rings. The first-order chi connectivity index (χ1) is 18.4. The molecule has 0 aliphatic heterocycles. The van der Waals surface area contributed by atoms with Crippen LogP contribution in [0.15, 0.2) is 47.8 Å². The summed E-state index contributed by atoms with van der Waals surface area (Å²) in [5, 5.41) is 26.7. The van der Waals surface area contributed by atoms with Crippen molar-refractivity contribution in [3.8, 4) is 23.8 Å². The fourth-order valence-electron chi connectivity index (χ4n) is 4.77. The van der Waals surface area contributed by atoms with E-state index in [2.05, 4.69) is 22.8 Å². The molecule has 190 valence electrons. The number of rotatable bonds is 6. The molecule has 5 rings (SSSR count). The summed E-state index contributed by atoms with van der Waals surface area (Å²) in [6.45, 7) is 3.85. The molecule has 1 amide bonds. The van der Waals surface area contributed by atoms with Crippen LogP contribution >= 0.6 is 11.3 Å². The van der Waals surface area contributed by atoms with Crippen LogP contribution in [0.1, 0.15) is 58.3 Å². The molecule has 2 heterocycles. The topological polar surface area (TPSA) is 124 Å². The Labute approximate surface area is 224 Å². The Kier molecular flexibility index (Phi) is 7.21. The van der Waals surface area contributed by atoms with Crippen molar-refractivity contribution in [1.29, 1.82) is 10.5 Å². The Morgan fingerprint density at radius 1 is 0.947 bits per heavy atom. The number of ether oxygens (including phenoxy) is 1. The van der Waals surface area contributed by atoms with E-state index >= 15 is 0 Å². The number of benzene rings is 2. The molecule has 2 N–H and O–H groups in total. The largest absolute Gasteiger partial charge is 0.437 e. The maximum absolute atomic E-state index is 12.6. The second-order valence-corrected chi connectivity index (χ2v) is 10.4. The number of nitrogens with zero attached hydrogens (tertiary/aromatic N) is 4. The molecule has 2 aromatic carbocycles. The third kappa shape index (κ3) is 5.44. The second kappa shape index (κ2) is 10.9. The number of amides is 1. The van der Waals surface area contributed by atoms with E-state index in [1.807, 2.05) is 37.4 Å². The van der Waals surface area contributed by atoms with Crippen LogP contribution in [0.5, 0.6) is 11.6 Å². The molecule has 2 aromatic heterocycles. The van der Waals surface area contributed by atoms with Crippen molar-refractivity contribution in [1.82, 2.24) is 15.3 Å². The average Bonchev–Trinajstić information content (AvgIpc) is 3.40. The third-order valence-electron chi connectivity index (χ3n) is 6.73. The highest BCUT2D eigenvalue weighted by molar-refractivity contribution is 7.17. The second-order valence-electron chi connectivity index (χ2n) is 9.50. The predicted molar refractivity (Wildman–Crippen MR) is 146 cm³/mol. The minimum Gasteiger partial charge on any atom is -0.437 e. The van der Waals surface area contributed by atoms with E-state index in [0.29, 0.717) is 34.3 Å². The van der Waals surface area contributed by atoms with Crippen molar-refractivity contribution < 1.29 is 9.53 Å². The lowest BCUT2D eigenvalue weighted by molar-refractivity contribution is 0.0926. The van der Waals surface area contributed by atoms with Crippen molar-refractivity contribution in [2.75, 3.05) is 5.32 Å². The van der Waals surface area contributed by atoms with Crippen LogP contribution in [0.25, 0.3) is 10.2 Å². The summed E-state index contributed by atoms with van der Waals surface area (Å²) < 4.78 is 7.17. The summed E-state index contributed by atoms with van der Waals surface area (Å²) >= 11 is 1.53. The van der Waals surface area contributed by atoms with Crippen LogP contribution < -0.4 is 15.4 Å². The van der Waals surface area contributed by atoms with E-state index in [9.17, 15) is 10.1 Å². The summed E-state index contributed by atoms with van der Waals surface area (Å²) in [5.74, 6) is 1.58. The highest BCUT2D eigenvalue weighted by Crippen LogP contribution is 2.36. The van der Waals surface area contributed by atoms with Crippen LogP contribution in [-0.2, 0) is 0 Å². The van der Waals surface area contributed by atoms with Gasteiger partial charge in [-0.2, -0.15) is 15.5 Å². The molecule has 1 fully saturated rings. The van der Waals surface area contributed by atoms with Crippen LogP contribution in [0.3, 0.4) is 0 Å². The standard InChI is InChI=1S/C29H26N6O2S/c1-17-13-20(16-31)14-18(2)25(17)37-28-26-24(11-12-38-26)34-29(35-28)33-23-9-7-22(8-10-23)32-27(36)21-5-3-19(15-30)4-6-21/h3-6,11-14,22-23H,7-10H2,1-2H3,(H,32,36)(H,33,34,35). The molecular formula is C29H26N6O2S. The van der Waals surface area contributed by atoms with Gasteiger partial charge in [-0.25, -0.2) is 4.98 Å². The van der Waals surface area contributed by atoms with Gasteiger partial charge >= 0.3 is 0 Å². The quantitative estimate of drug-likeness (QED) is 0.318. The molecule has 0 unspecified atom stereocenters. The van der Waals surface area contributed by atoms with Gasteiger partial charge in [0.15, 0.2) is 0 Å². The number of aryl methyl sites for hydroxylation is 2. The molecule has 0 atom stereocenters. The summed E-state index contributed by atoms with van der Waals surface area (Å²) in [6.07, 6.45) is 3.42. The monoisotopic (exact) mass is 522 g/mol. The lowest BCUT2D eigenvalue weighted by Gasteiger charge is -2.29. The lowest BCUT2D eigenvalue weighted by atomic mass is 9.91. The zero-order valence-electron chi connectivity index (χ0n) is 21.1. The van der Waals surface area contributed by atoms with E-state index < -0.39 is 0 Å². The van der Waals surface area contributed by atoms with Crippen LogP contribution in [-0.4, -0.2) is 28.0 Å². The number of thiophene rings is 1. The number of anilines is 1. The van der Waals surface area contributed by atoms with Crippen molar-refractivity contribution in [2.24, 2.45) is 0 Å². The van der Waals surface area contributed by atoms with Crippen molar-refractivity contribution in [3.63, 3.8) is 0 Å². The fraction of sp³-hybridized carbons (Fsp3) is 0.276. The summed E-state index contributed by atoms with van der Waals surface area (Å²) in [5.41, 5.74) is 4.26. The minimum atomic E-state index is -0.118. The van der Waals surface area contributed by atoms with Gasteiger partial charge in [0.25, 0.3) is 5.91 Å². The fourth-order valence-corrected chi connectivity index (χ4v) is 5.53. The Bertz CT molecular complexity index is 1550. The molecule has 0 saturated heterocycles. The number of carbonyl (C=O) groups excluding carboxylic acids is 1. The first kappa shape index (κ1) is 25.2. The number of fused-ring (bicyclic) bond motifs is 1. The average molecular weight is 523 g/mol. The molecule has 38 heavy (non-hydrogen) atoms. The van der Waals surface area contributed by atoms with Crippen LogP contribution in [0.2, 0.25) is 0 Å². The first-order valence-corrected chi connectivity index (χ1v) is 13.3. The van der Waals surface area contributed by atoms with E-state index in [1.165, 1.54) is 11.3 Å². The minimum absolute atomic E-state index is 0.0951. The third-order valence-corrected chi connectivity index (χ3v) is 7.62. The summed E-state index contributed by atoms with van der Waals surface area (Å²) in [7, 11) is 0. The highest BCUT2D eigenvalue weighted by Gasteiger charge is 2.24. The maximum Gasteiger partial charge on any atom is 0.251 e. The van der Waals surface area contributed by atoms with E-state index in [4.69, 9.17) is 20.0 Å². The summed E-state index contributed by atoms with van der Waals surface area (Å²) in [4.78, 5) is 22.0. The SMILES string of the molecule is Cc1cc(C#N)cc(C)c1Oc1nc(NC2CCC(NC(=O)c3ccc(C#N)cc3)CC2)nc2ccsc12. The molecular weight excluding hydrogens is 496 g/mol. The number of nitriles is 2. The van der Waals surface area contributed by atoms with E-state index in [0.717, 1.165) is 47.0 Å². The van der Waals surface area contributed by atoms with Gasteiger partial charge in [0.05, 0.1) is 28.8 Å². The molecule has 8 nitrogen and oxygen atoms in total. The molecule has 0 bridgehead atoms. The zero-order chi connectivity index (χ0) is 26.6. The van der Waals surface area contributed by atoms with Gasteiger partial charge in [0.1, 0.15) is 10.4 Å². The van der Waals surface area contributed by atoms with Gasteiger partial charge in [0.2, 0.25) is 11.8 Å². The predicted octanol–water partition coefficient (Wildman–Crippen LogP) is 6.00.